The van der Waals surface area contributed by atoms with Crippen LogP contribution in [0.3, 0.4) is 0 Å². The van der Waals surface area contributed by atoms with Gasteiger partial charge in [0.05, 0.1) is 0 Å². The Morgan fingerprint density at radius 1 is 1.12 bits per heavy atom. The molecule has 0 aromatic rings. The van der Waals surface area contributed by atoms with E-state index < -0.39 is 13.4 Å². The minimum atomic E-state index is -0.861. The average Bonchev–Trinajstić information content (AvgIpc) is 1.25. The first-order valence-corrected chi connectivity index (χ1v) is 12.6. The van der Waals surface area contributed by atoms with Crippen LogP contribution in [-0.2, 0) is 0 Å². The molecule has 0 atom stereocenters. The Labute approximate surface area is 63.5 Å². The summed E-state index contributed by atoms with van der Waals surface area (Å²) >= 11 is -0.861. The van der Waals surface area contributed by atoms with E-state index in [2.05, 4.69) is 31.2 Å². The molecule has 0 nitrogen and oxygen atoms in total. The Morgan fingerprint density at radius 3 is 1.12 bits per heavy atom. The Balaban J connectivity index is 0. The molecule has 0 aliphatic heterocycles. The molecule has 8 heavy (non-hydrogen) atoms. The zero-order chi connectivity index (χ0) is 7.15. The van der Waals surface area contributed by atoms with Crippen molar-refractivity contribution in [1.82, 2.24) is 0 Å². The van der Waals surface area contributed by atoms with Crippen LogP contribution in [0.2, 0.25) is 31.2 Å². The molecule has 0 bridgehead atoms. The standard InChI is InChI=1S/C3H9Si.C2H6ClGe/c2*1-4(2)3/h1-3H3;1-2H3. The van der Waals surface area contributed by atoms with Crippen LogP contribution < -0.4 is 0 Å². The van der Waals surface area contributed by atoms with Gasteiger partial charge in [-0.25, -0.2) is 0 Å². The van der Waals surface area contributed by atoms with E-state index in [-0.39, 0.29) is 8.80 Å². The van der Waals surface area contributed by atoms with E-state index >= 15 is 0 Å². The van der Waals surface area contributed by atoms with Gasteiger partial charge < -0.3 is 0 Å². The van der Waals surface area contributed by atoms with E-state index in [1.807, 2.05) is 0 Å². The Kier molecular flexibility index (Phi) is 11.9. The molecule has 0 aliphatic rings. The zero-order valence-corrected chi connectivity index (χ0v) is 10.2. The van der Waals surface area contributed by atoms with Crippen molar-refractivity contribution < 1.29 is 0 Å². The molecule has 0 saturated carbocycles. The number of hydrogen-bond donors (Lipinski definition) is 0. The third-order valence-electron chi connectivity index (χ3n) is 0. The molecular formula is C5H15ClGeSi. The third kappa shape index (κ3) is 234. The minimum absolute atomic E-state index is 0.120. The Bertz CT molecular complexity index is 27.9. The number of rotatable bonds is 0. The van der Waals surface area contributed by atoms with Crippen LogP contribution in [0.25, 0.3) is 0 Å². The second kappa shape index (κ2) is 8.05. The average molecular weight is 211 g/mol. The molecule has 0 unspecified atom stereocenters. The van der Waals surface area contributed by atoms with E-state index in [9.17, 15) is 0 Å². The number of hydrogen-bond acceptors (Lipinski definition) is 0. The van der Waals surface area contributed by atoms with Crippen LogP contribution in [0.1, 0.15) is 0 Å². The molecule has 50 valence electrons. The van der Waals surface area contributed by atoms with E-state index in [4.69, 9.17) is 10.0 Å². The summed E-state index contributed by atoms with van der Waals surface area (Å²) in [6.07, 6.45) is 0. The van der Waals surface area contributed by atoms with Crippen molar-refractivity contribution in [2.24, 2.45) is 0 Å². The Hall–Kier alpha value is 1.05. The summed E-state index contributed by atoms with van der Waals surface area (Å²) in [5.74, 6) is 4.20. The van der Waals surface area contributed by atoms with Gasteiger partial charge >= 0.3 is 34.9 Å². The topological polar surface area (TPSA) is 0 Å². The van der Waals surface area contributed by atoms with Crippen molar-refractivity contribution in [2.45, 2.75) is 31.2 Å². The van der Waals surface area contributed by atoms with Crippen molar-refractivity contribution in [3.63, 3.8) is 0 Å². The number of halogens is 1. The first kappa shape index (κ1) is 11.8. The predicted octanol–water partition coefficient (Wildman–Crippen LogP) is 2.85. The van der Waals surface area contributed by atoms with Crippen LogP contribution in [0, 0.1) is 0 Å². The molecule has 0 aliphatic carbocycles. The van der Waals surface area contributed by atoms with Gasteiger partial charge in [0.25, 0.3) is 0 Å². The molecule has 0 rings (SSSR count). The van der Waals surface area contributed by atoms with Crippen LogP contribution in [0.4, 0.5) is 0 Å². The van der Waals surface area contributed by atoms with Crippen molar-refractivity contribution in [2.75, 3.05) is 0 Å². The summed E-state index contributed by atoms with van der Waals surface area (Å²) in [5.41, 5.74) is 0. The van der Waals surface area contributed by atoms with Crippen molar-refractivity contribution in [3.8, 4) is 0 Å². The maximum absolute atomic E-state index is 5.44. The molecule has 0 fully saturated rings. The van der Waals surface area contributed by atoms with Crippen LogP contribution in [0.15, 0.2) is 0 Å². The fourth-order valence-electron chi connectivity index (χ4n) is 0. The summed E-state index contributed by atoms with van der Waals surface area (Å²) in [6.45, 7) is 6.81. The molecule has 0 aromatic carbocycles. The molecular weight excluding hydrogens is 196 g/mol. The monoisotopic (exact) mass is 212 g/mol. The summed E-state index contributed by atoms with van der Waals surface area (Å²) in [5, 5.41) is 0. The van der Waals surface area contributed by atoms with Gasteiger partial charge in [-0.1, -0.05) is 19.6 Å². The maximum atomic E-state index is 5.44. The normalized spacial score (nSPS) is 9.00. The van der Waals surface area contributed by atoms with Gasteiger partial charge in [0.1, 0.15) is 0 Å². The summed E-state index contributed by atoms with van der Waals surface area (Å²) in [4.78, 5) is 0. The van der Waals surface area contributed by atoms with E-state index in [1.54, 1.807) is 0 Å². The summed E-state index contributed by atoms with van der Waals surface area (Å²) < 4.78 is 0. The molecule has 3 heteroatoms. The third-order valence-corrected chi connectivity index (χ3v) is 0. The van der Waals surface area contributed by atoms with Gasteiger partial charge in [0, 0.05) is 8.80 Å². The van der Waals surface area contributed by atoms with E-state index in [1.165, 1.54) is 0 Å². The molecule has 0 amide bonds. The summed E-state index contributed by atoms with van der Waals surface area (Å²) in [6, 6.07) is 0. The van der Waals surface area contributed by atoms with Crippen LogP contribution in [-0.4, -0.2) is 22.2 Å². The van der Waals surface area contributed by atoms with Crippen LogP contribution in [0.5, 0.6) is 0 Å². The van der Waals surface area contributed by atoms with Crippen molar-refractivity contribution in [3.05, 3.63) is 0 Å². The second-order valence-corrected chi connectivity index (χ2v) is 13.0. The van der Waals surface area contributed by atoms with E-state index in [0.717, 1.165) is 0 Å². The molecule has 0 heterocycles. The SMILES string of the molecule is C[Si](C)C.[CH3][Ge]([CH3])[Cl]. The van der Waals surface area contributed by atoms with Gasteiger partial charge in [-0.15, -0.1) is 0 Å². The first-order chi connectivity index (χ1) is 3.46. The quantitative estimate of drug-likeness (QED) is 0.540. The fourth-order valence-corrected chi connectivity index (χ4v) is 0. The van der Waals surface area contributed by atoms with Crippen molar-refractivity contribution >= 4 is 32.2 Å². The zero-order valence-electron chi connectivity index (χ0n) is 6.38. The first-order valence-electron chi connectivity index (χ1n) is 2.69. The van der Waals surface area contributed by atoms with E-state index in [0.29, 0.717) is 0 Å². The molecule has 2 radical (unpaired) electrons. The molecule has 0 aromatic heterocycles. The van der Waals surface area contributed by atoms with Crippen molar-refractivity contribution in [1.29, 1.82) is 0 Å². The van der Waals surface area contributed by atoms with Gasteiger partial charge in [-0.2, -0.15) is 0 Å². The van der Waals surface area contributed by atoms with Gasteiger partial charge in [-0.3, -0.25) is 0 Å². The van der Waals surface area contributed by atoms with Gasteiger partial charge in [0.15, 0.2) is 0 Å². The van der Waals surface area contributed by atoms with Gasteiger partial charge in [-0.05, 0) is 0 Å². The second-order valence-electron chi connectivity index (χ2n) is 2.38. The fraction of sp³-hybridized carbons (Fsp3) is 1.00. The molecule has 0 saturated heterocycles. The molecule has 0 N–H and O–H groups in total. The Morgan fingerprint density at radius 2 is 1.12 bits per heavy atom. The summed E-state index contributed by atoms with van der Waals surface area (Å²) in [7, 11) is 5.56. The van der Waals surface area contributed by atoms with Crippen LogP contribution >= 0.6 is 10.0 Å². The predicted molar refractivity (Wildman–Crippen MR) is 46.7 cm³/mol. The van der Waals surface area contributed by atoms with Gasteiger partial charge in [0.2, 0.25) is 0 Å². The molecule has 0 spiro atoms.